The first-order valence-electron chi connectivity index (χ1n) is 12.6. The quantitative estimate of drug-likeness (QED) is 0.426. The summed E-state index contributed by atoms with van der Waals surface area (Å²) in [5.41, 5.74) is 4.34. The van der Waals surface area contributed by atoms with Crippen molar-refractivity contribution in [1.29, 1.82) is 0 Å². The summed E-state index contributed by atoms with van der Waals surface area (Å²) in [7, 11) is 0. The fourth-order valence-corrected chi connectivity index (χ4v) is 8.67. The SMILES string of the molecule is CC(=O)Oc1cc(C)cc2c1[C@@]1(C)CC[C@H]3[C@@H](CC[C@H]4C[C@@H](OC(C)=O)CC[C@@]43C)[C@@H]1C2. The van der Waals surface area contributed by atoms with Crippen LogP contribution in [0.25, 0.3) is 0 Å². The van der Waals surface area contributed by atoms with Gasteiger partial charge in [0, 0.05) is 19.4 Å². The summed E-state index contributed by atoms with van der Waals surface area (Å²) >= 11 is 0. The maximum Gasteiger partial charge on any atom is 0.308 e. The highest BCUT2D eigenvalue weighted by Gasteiger charge is 2.60. The summed E-state index contributed by atoms with van der Waals surface area (Å²) in [6, 6.07) is 4.40. The van der Waals surface area contributed by atoms with Crippen molar-refractivity contribution in [2.24, 2.45) is 29.1 Å². The molecule has 4 aliphatic carbocycles. The van der Waals surface area contributed by atoms with E-state index in [0.717, 1.165) is 36.8 Å². The molecule has 4 heteroatoms. The Hall–Kier alpha value is -1.84. The zero-order valence-corrected chi connectivity index (χ0v) is 20.3. The summed E-state index contributed by atoms with van der Waals surface area (Å²) in [4.78, 5) is 23.4. The summed E-state index contributed by atoms with van der Waals surface area (Å²) in [5, 5.41) is 0. The van der Waals surface area contributed by atoms with Gasteiger partial charge in [0.05, 0.1) is 0 Å². The van der Waals surface area contributed by atoms with Crippen LogP contribution in [0.5, 0.6) is 5.75 Å². The molecule has 7 atom stereocenters. The van der Waals surface area contributed by atoms with E-state index in [1.165, 1.54) is 62.6 Å². The number of hydrogen-bond donors (Lipinski definition) is 0. The van der Waals surface area contributed by atoms with E-state index in [0.29, 0.717) is 17.3 Å². The molecule has 0 aliphatic heterocycles. The number of rotatable bonds is 2. The van der Waals surface area contributed by atoms with E-state index >= 15 is 0 Å². The van der Waals surface area contributed by atoms with E-state index in [-0.39, 0.29) is 23.5 Å². The molecule has 0 amide bonds. The molecule has 0 heterocycles. The van der Waals surface area contributed by atoms with Crippen molar-refractivity contribution in [3.8, 4) is 5.75 Å². The number of ether oxygens (including phenoxy) is 2. The van der Waals surface area contributed by atoms with Crippen molar-refractivity contribution < 1.29 is 19.1 Å². The molecule has 5 rings (SSSR count). The van der Waals surface area contributed by atoms with Gasteiger partial charge >= 0.3 is 11.9 Å². The van der Waals surface area contributed by atoms with Crippen molar-refractivity contribution in [3.05, 3.63) is 28.8 Å². The van der Waals surface area contributed by atoms with E-state index in [4.69, 9.17) is 9.47 Å². The van der Waals surface area contributed by atoms with Crippen LogP contribution in [0.4, 0.5) is 0 Å². The maximum absolute atomic E-state index is 11.9. The molecule has 0 saturated heterocycles. The second-order valence-electron chi connectivity index (χ2n) is 11.7. The standard InChI is InChI=1S/C28H38O4/c1-16-12-19-14-24-22-7-6-20-15-21(31-17(2)29)8-10-27(20,4)23(22)9-11-28(24,5)26(19)25(13-16)32-18(3)30/h12-13,20-24H,6-11,14-15H2,1-5H3/t20-,21-,22+,23-,24-,27-,28-/m0/s1. The van der Waals surface area contributed by atoms with Gasteiger partial charge in [-0.05, 0) is 110 Å². The summed E-state index contributed by atoms with van der Waals surface area (Å²) in [6.45, 7) is 10.1. The van der Waals surface area contributed by atoms with Crippen molar-refractivity contribution in [2.75, 3.05) is 0 Å². The minimum atomic E-state index is -0.226. The Morgan fingerprint density at radius 3 is 2.47 bits per heavy atom. The summed E-state index contributed by atoms with van der Waals surface area (Å²) in [6.07, 6.45) is 9.37. The van der Waals surface area contributed by atoms with Gasteiger partial charge in [0.2, 0.25) is 0 Å². The number of benzene rings is 1. The average Bonchev–Trinajstić information content (AvgIpc) is 2.99. The third-order valence-electron chi connectivity index (χ3n) is 9.93. The van der Waals surface area contributed by atoms with Gasteiger partial charge in [0.1, 0.15) is 11.9 Å². The predicted molar refractivity (Wildman–Crippen MR) is 123 cm³/mol. The molecule has 0 radical (unpaired) electrons. The molecular weight excluding hydrogens is 400 g/mol. The minimum Gasteiger partial charge on any atom is -0.463 e. The fraction of sp³-hybridized carbons (Fsp3) is 0.714. The van der Waals surface area contributed by atoms with Gasteiger partial charge < -0.3 is 9.47 Å². The average molecular weight is 439 g/mol. The van der Waals surface area contributed by atoms with Gasteiger partial charge in [-0.2, -0.15) is 0 Å². The van der Waals surface area contributed by atoms with Crippen molar-refractivity contribution in [1.82, 2.24) is 0 Å². The van der Waals surface area contributed by atoms with Crippen LogP contribution in [0.2, 0.25) is 0 Å². The molecule has 3 fully saturated rings. The summed E-state index contributed by atoms with van der Waals surface area (Å²) in [5.74, 6) is 3.19. The zero-order chi connectivity index (χ0) is 22.8. The van der Waals surface area contributed by atoms with Crippen LogP contribution in [0.3, 0.4) is 0 Å². The number of fused-ring (bicyclic) bond motifs is 7. The highest BCUT2D eigenvalue weighted by Crippen LogP contribution is 2.66. The second-order valence-corrected chi connectivity index (χ2v) is 11.7. The van der Waals surface area contributed by atoms with Crippen molar-refractivity contribution in [2.45, 2.75) is 97.5 Å². The zero-order valence-electron chi connectivity index (χ0n) is 20.3. The Morgan fingerprint density at radius 1 is 0.969 bits per heavy atom. The van der Waals surface area contributed by atoms with Crippen molar-refractivity contribution >= 4 is 11.9 Å². The van der Waals surface area contributed by atoms with Gasteiger partial charge in [0.15, 0.2) is 0 Å². The molecule has 1 aromatic rings. The van der Waals surface area contributed by atoms with Crippen molar-refractivity contribution in [3.63, 3.8) is 0 Å². The normalized spacial score (nSPS) is 39.8. The van der Waals surface area contributed by atoms with Gasteiger partial charge in [0.25, 0.3) is 0 Å². The molecule has 174 valence electrons. The first-order valence-corrected chi connectivity index (χ1v) is 12.6. The molecule has 0 bridgehead atoms. The van der Waals surface area contributed by atoms with Crippen LogP contribution in [0, 0.1) is 36.0 Å². The van der Waals surface area contributed by atoms with Crippen LogP contribution in [-0.2, 0) is 26.2 Å². The van der Waals surface area contributed by atoms with E-state index in [2.05, 4.69) is 32.9 Å². The van der Waals surface area contributed by atoms with Gasteiger partial charge in [-0.3, -0.25) is 9.59 Å². The first-order chi connectivity index (χ1) is 15.1. The molecule has 3 saturated carbocycles. The molecule has 0 unspecified atom stereocenters. The highest BCUT2D eigenvalue weighted by molar-refractivity contribution is 5.71. The Kier molecular flexibility index (Phi) is 5.22. The molecule has 1 aromatic carbocycles. The van der Waals surface area contributed by atoms with Gasteiger partial charge in [-0.25, -0.2) is 0 Å². The third kappa shape index (κ3) is 3.31. The lowest BCUT2D eigenvalue weighted by atomic mass is 9.45. The number of aryl methyl sites for hydroxylation is 1. The summed E-state index contributed by atoms with van der Waals surface area (Å²) < 4.78 is 11.4. The number of carbonyl (C=O) groups is 2. The van der Waals surface area contributed by atoms with E-state index < -0.39 is 0 Å². The third-order valence-corrected chi connectivity index (χ3v) is 9.93. The lowest BCUT2D eigenvalue weighted by molar-refractivity contribution is -0.157. The smallest absolute Gasteiger partial charge is 0.308 e. The number of esters is 2. The van der Waals surface area contributed by atoms with Crippen LogP contribution >= 0.6 is 0 Å². The molecule has 0 N–H and O–H groups in total. The largest absolute Gasteiger partial charge is 0.463 e. The van der Waals surface area contributed by atoms with Crippen LogP contribution in [-0.4, -0.2) is 18.0 Å². The molecule has 4 aliphatic rings. The van der Waals surface area contributed by atoms with E-state index in [1.807, 2.05) is 0 Å². The number of carbonyl (C=O) groups excluding carboxylic acids is 2. The first kappa shape index (κ1) is 22.0. The molecule has 0 aromatic heterocycles. The highest BCUT2D eigenvalue weighted by atomic mass is 16.5. The van der Waals surface area contributed by atoms with E-state index in [9.17, 15) is 9.59 Å². The topological polar surface area (TPSA) is 52.6 Å². The number of hydrogen-bond acceptors (Lipinski definition) is 4. The van der Waals surface area contributed by atoms with Crippen LogP contribution in [0.1, 0.15) is 89.3 Å². The molecule has 32 heavy (non-hydrogen) atoms. The fourth-order valence-electron chi connectivity index (χ4n) is 8.67. The molecular formula is C28H38O4. The van der Waals surface area contributed by atoms with Crippen LogP contribution in [0.15, 0.2) is 12.1 Å². The van der Waals surface area contributed by atoms with Gasteiger partial charge in [-0.1, -0.05) is 19.9 Å². The Bertz CT molecular complexity index is 951. The van der Waals surface area contributed by atoms with Crippen LogP contribution < -0.4 is 4.74 Å². The molecule has 4 nitrogen and oxygen atoms in total. The van der Waals surface area contributed by atoms with E-state index in [1.54, 1.807) is 0 Å². The molecule has 0 spiro atoms. The van der Waals surface area contributed by atoms with Gasteiger partial charge in [-0.15, -0.1) is 0 Å². The second kappa shape index (κ2) is 7.60. The monoisotopic (exact) mass is 438 g/mol. The Balaban J connectivity index is 1.44. The minimum absolute atomic E-state index is 0.0904. The predicted octanol–water partition coefficient (Wildman–Crippen LogP) is 5.91. The Labute approximate surface area is 192 Å². The lowest BCUT2D eigenvalue weighted by Crippen LogP contribution is -2.54. The maximum atomic E-state index is 11.9. The Morgan fingerprint density at radius 2 is 1.75 bits per heavy atom. The lowest BCUT2D eigenvalue weighted by Gasteiger charge is -2.60.